The molecular formula is C25H18F3N5O2S2. The summed E-state index contributed by atoms with van der Waals surface area (Å²) in [6.45, 7) is -0.0780. The summed E-state index contributed by atoms with van der Waals surface area (Å²) < 4.78 is 46.1. The smallest absolute Gasteiger partial charge is 0.416 e. The number of hydrogen-bond acceptors (Lipinski definition) is 7. The van der Waals surface area contributed by atoms with Crippen LogP contribution in [0.1, 0.15) is 27.5 Å². The maximum Gasteiger partial charge on any atom is 0.416 e. The Kier molecular flexibility index (Phi) is 7.10. The summed E-state index contributed by atoms with van der Waals surface area (Å²) in [6, 6.07) is 18.4. The zero-order valence-electron chi connectivity index (χ0n) is 19.0. The second-order valence-electron chi connectivity index (χ2n) is 7.75. The highest BCUT2D eigenvalue weighted by molar-refractivity contribution is 7.98. The van der Waals surface area contributed by atoms with Crippen LogP contribution in [0.5, 0.6) is 0 Å². The lowest BCUT2D eigenvalue weighted by molar-refractivity contribution is -0.137. The first-order valence-corrected chi connectivity index (χ1v) is 12.8. The average molecular weight is 542 g/mol. The van der Waals surface area contributed by atoms with Crippen molar-refractivity contribution in [3.05, 3.63) is 101 Å². The van der Waals surface area contributed by atoms with E-state index in [-0.39, 0.29) is 18.0 Å². The fraction of sp³-hybridized carbons (Fsp3) is 0.120. The second kappa shape index (κ2) is 10.6. The molecule has 3 heterocycles. The van der Waals surface area contributed by atoms with Gasteiger partial charge in [-0.3, -0.25) is 9.36 Å². The van der Waals surface area contributed by atoms with E-state index in [2.05, 4.69) is 20.5 Å². The molecule has 0 spiro atoms. The van der Waals surface area contributed by atoms with E-state index in [0.29, 0.717) is 22.4 Å². The molecule has 0 unspecified atom stereocenters. The zero-order chi connectivity index (χ0) is 25.8. The van der Waals surface area contributed by atoms with Crippen LogP contribution in [-0.4, -0.2) is 25.7 Å². The van der Waals surface area contributed by atoms with E-state index in [1.165, 1.54) is 30.2 Å². The van der Waals surface area contributed by atoms with Gasteiger partial charge in [0.15, 0.2) is 16.7 Å². The van der Waals surface area contributed by atoms with Crippen molar-refractivity contribution in [3.8, 4) is 16.4 Å². The van der Waals surface area contributed by atoms with Crippen molar-refractivity contribution in [2.45, 2.75) is 23.6 Å². The molecule has 1 amide bonds. The molecule has 7 nitrogen and oxygen atoms in total. The van der Waals surface area contributed by atoms with Gasteiger partial charge in [-0.2, -0.15) is 13.2 Å². The third-order valence-electron chi connectivity index (χ3n) is 5.21. The molecule has 0 saturated carbocycles. The fourth-order valence-corrected chi connectivity index (χ4v) is 4.98. The maximum atomic E-state index is 12.9. The highest BCUT2D eigenvalue weighted by Crippen LogP contribution is 2.32. The van der Waals surface area contributed by atoms with E-state index >= 15 is 0 Å². The van der Waals surface area contributed by atoms with Crippen LogP contribution in [0, 0.1) is 0 Å². The van der Waals surface area contributed by atoms with Gasteiger partial charge >= 0.3 is 6.18 Å². The topological polar surface area (TPSA) is 85.8 Å². The fourth-order valence-electron chi connectivity index (χ4n) is 3.48. The summed E-state index contributed by atoms with van der Waals surface area (Å²) in [5.41, 5.74) is 0.488. The molecule has 0 atom stereocenters. The number of oxazole rings is 1. The van der Waals surface area contributed by atoms with Gasteiger partial charge in [0.25, 0.3) is 5.91 Å². The van der Waals surface area contributed by atoms with Crippen LogP contribution < -0.4 is 5.32 Å². The zero-order valence-corrected chi connectivity index (χ0v) is 20.6. The molecule has 3 aromatic heterocycles. The van der Waals surface area contributed by atoms with E-state index in [0.717, 1.165) is 22.7 Å². The molecule has 2 aromatic carbocycles. The molecule has 5 rings (SSSR count). The summed E-state index contributed by atoms with van der Waals surface area (Å²) >= 11 is 2.91. The number of para-hydroxylation sites is 1. The summed E-state index contributed by atoms with van der Waals surface area (Å²) in [4.78, 5) is 17.7. The normalized spacial score (nSPS) is 11.5. The molecule has 1 N–H and O–H groups in total. The molecule has 12 heteroatoms. The van der Waals surface area contributed by atoms with E-state index in [1.807, 2.05) is 52.4 Å². The summed E-state index contributed by atoms with van der Waals surface area (Å²) in [5, 5.41) is 13.9. The van der Waals surface area contributed by atoms with Gasteiger partial charge in [0.2, 0.25) is 5.89 Å². The molecule has 37 heavy (non-hydrogen) atoms. The van der Waals surface area contributed by atoms with Crippen molar-refractivity contribution in [1.82, 2.24) is 25.1 Å². The van der Waals surface area contributed by atoms with Gasteiger partial charge in [0, 0.05) is 12.2 Å². The molecule has 0 bridgehead atoms. The van der Waals surface area contributed by atoms with Crippen LogP contribution in [0.15, 0.2) is 87.9 Å². The Morgan fingerprint density at radius 1 is 1.05 bits per heavy atom. The molecule has 0 radical (unpaired) electrons. The van der Waals surface area contributed by atoms with E-state index in [9.17, 15) is 18.0 Å². The Bertz CT molecular complexity index is 1500. The Morgan fingerprint density at radius 2 is 1.89 bits per heavy atom. The number of benzene rings is 2. The third-order valence-corrected chi connectivity index (χ3v) is 6.99. The van der Waals surface area contributed by atoms with Gasteiger partial charge in [-0.1, -0.05) is 48.2 Å². The van der Waals surface area contributed by atoms with Gasteiger partial charge in [-0.05, 0) is 41.3 Å². The number of carbonyl (C=O) groups excluding carboxylic acids is 1. The Hall–Kier alpha value is -3.90. The number of nitrogens with zero attached hydrogens (tertiary/aromatic N) is 4. The predicted octanol–water partition coefficient (Wildman–Crippen LogP) is 6.22. The Balaban J connectivity index is 1.26. The highest BCUT2D eigenvalue weighted by atomic mass is 32.2. The molecule has 0 aliphatic heterocycles. The number of halogens is 3. The van der Waals surface area contributed by atoms with Crippen LogP contribution in [0.2, 0.25) is 0 Å². The second-order valence-corrected chi connectivity index (χ2v) is 9.64. The van der Waals surface area contributed by atoms with Crippen molar-refractivity contribution >= 4 is 29.0 Å². The predicted molar refractivity (Wildman–Crippen MR) is 133 cm³/mol. The van der Waals surface area contributed by atoms with Gasteiger partial charge in [0.1, 0.15) is 6.26 Å². The van der Waals surface area contributed by atoms with Gasteiger partial charge in [0.05, 0.1) is 16.2 Å². The molecule has 0 aliphatic rings. The van der Waals surface area contributed by atoms with Crippen molar-refractivity contribution in [1.29, 1.82) is 0 Å². The molecule has 0 fully saturated rings. The first kappa shape index (κ1) is 24.8. The van der Waals surface area contributed by atoms with Crippen molar-refractivity contribution in [2.24, 2.45) is 0 Å². The largest absolute Gasteiger partial charge is 0.447 e. The van der Waals surface area contributed by atoms with Crippen LogP contribution in [0.4, 0.5) is 13.2 Å². The lowest BCUT2D eigenvalue weighted by Crippen LogP contribution is -2.23. The van der Waals surface area contributed by atoms with Crippen molar-refractivity contribution in [3.63, 3.8) is 0 Å². The third kappa shape index (κ3) is 5.75. The number of aromatic nitrogens is 4. The average Bonchev–Trinajstić information content (AvgIpc) is 3.67. The van der Waals surface area contributed by atoms with E-state index < -0.39 is 17.6 Å². The van der Waals surface area contributed by atoms with Crippen LogP contribution in [0.25, 0.3) is 16.4 Å². The van der Waals surface area contributed by atoms with Crippen molar-refractivity contribution < 1.29 is 22.4 Å². The van der Waals surface area contributed by atoms with E-state index in [1.54, 1.807) is 11.3 Å². The minimum atomic E-state index is -4.45. The SMILES string of the molecule is O=C(NCc1cccc(C(F)(F)F)c1)c1coc(CSc2nnc(-c3cccs3)n2-c2ccccc2)n1. The maximum absolute atomic E-state index is 12.9. The molecule has 5 aromatic rings. The number of thiophene rings is 1. The minimum absolute atomic E-state index is 0.0337. The quantitative estimate of drug-likeness (QED) is 0.235. The number of alkyl halides is 3. The molecular weight excluding hydrogens is 523 g/mol. The van der Waals surface area contributed by atoms with Gasteiger partial charge in [-0.15, -0.1) is 21.5 Å². The lowest BCUT2D eigenvalue weighted by atomic mass is 10.1. The summed E-state index contributed by atoms with van der Waals surface area (Å²) in [7, 11) is 0. The van der Waals surface area contributed by atoms with Crippen LogP contribution in [0.3, 0.4) is 0 Å². The van der Waals surface area contributed by atoms with E-state index in [4.69, 9.17) is 4.42 Å². The first-order valence-electron chi connectivity index (χ1n) is 10.9. The van der Waals surface area contributed by atoms with Crippen molar-refractivity contribution in [2.75, 3.05) is 0 Å². The van der Waals surface area contributed by atoms with Gasteiger partial charge in [-0.25, -0.2) is 4.98 Å². The Morgan fingerprint density at radius 3 is 2.65 bits per heavy atom. The highest BCUT2D eigenvalue weighted by Gasteiger charge is 2.30. The molecule has 0 saturated heterocycles. The number of hydrogen-bond donors (Lipinski definition) is 1. The standard InChI is InChI=1S/C25H18F3N5O2S2/c26-25(27,28)17-7-4-6-16(12-17)13-29-23(34)19-14-35-21(30-19)15-37-24-32-31-22(20-10-5-11-36-20)33(24)18-8-2-1-3-9-18/h1-12,14H,13,15H2,(H,29,34). The first-order chi connectivity index (χ1) is 17.9. The van der Waals surface area contributed by atoms with Crippen LogP contribution >= 0.6 is 23.1 Å². The number of nitrogens with one attached hydrogen (secondary N) is 1. The number of amides is 1. The number of thioether (sulfide) groups is 1. The summed E-state index contributed by atoms with van der Waals surface area (Å²) in [6.07, 6.45) is -3.23. The molecule has 0 aliphatic carbocycles. The number of carbonyl (C=O) groups is 1. The molecule has 188 valence electrons. The lowest BCUT2D eigenvalue weighted by Gasteiger charge is -2.09. The van der Waals surface area contributed by atoms with Gasteiger partial charge < -0.3 is 9.73 Å². The van der Waals surface area contributed by atoms with Crippen LogP contribution in [-0.2, 0) is 18.5 Å². The Labute approximate surface area is 217 Å². The monoisotopic (exact) mass is 541 g/mol. The number of rotatable bonds is 8. The minimum Gasteiger partial charge on any atom is -0.447 e. The summed E-state index contributed by atoms with van der Waals surface area (Å²) in [5.74, 6) is 0.751.